The Morgan fingerprint density at radius 3 is 2.69 bits per heavy atom. The van der Waals surface area contributed by atoms with E-state index >= 15 is 0 Å². The minimum atomic E-state index is 0.318. The molecule has 2 aliphatic rings. The zero-order valence-electron chi connectivity index (χ0n) is 16.2. The zero-order chi connectivity index (χ0) is 20.1. The lowest BCUT2D eigenvalue weighted by molar-refractivity contribution is 0.517. The van der Waals surface area contributed by atoms with E-state index in [1.165, 1.54) is 0 Å². The van der Waals surface area contributed by atoms with Crippen LogP contribution < -0.4 is 15.5 Å². The number of nitriles is 1. The monoisotopic (exact) mass is 386 g/mol. The summed E-state index contributed by atoms with van der Waals surface area (Å²) in [4.78, 5) is 19.9. The standard InChI is InChI=1S/C21H22N8/c1-15-14-26-21(28-19(15)17(13-22)18-5-2-3-8-23-18)29-11-6-16(7-12-29)27-20-24-9-4-10-25-20/h2-5,8-10,14,16,23H,6-7,11-12H2,1H3,(H,24,25,27)/b18-17-. The lowest BCUT2D eigenvalue weighted by atomic mass is 10.0. The van der Waals surface area contributed by atoms with Gasteiger partial charge < -0.3 is 15.5 Å². The third-order valence-corrected chi connectivity index (χ3v) is 4.96. The van der Waals surface area contributed by atoms with Gasteiger partial charge in [0.15, 0.2) is 0 Å². The van der Waals surface area contributed by atoms with Gasteiger partial charge in [0.05, 0.1) is 11.4 Å². The summed E-state index contributed by atoms with van der Waals surface area (Å²) >= 11 is 0. The number of nitrogens with one attached hydrogen (secondary N) is 2. The van der Waals surface area contributed by atoms with Gasteiger partial charge in [0.2, 0.25) is 11.9 Å². The predicted octanol–water partition coefficient (Wildman–Crippen LogP) is 2.56. The quantitative estimate of drug-likeness (QED) is 0.773. The molecule has 8 nitrogen and oxygen atoms in total. The van der Waals surface area contributed by atoms with Crippen molar-refractivity contribution in [2.24, 2.45) is 0 Å². The summed E-state index contributed by atoms with van der Waals surface area (Å²) < 4.78 is 0. The summed E-state index contributed by atoms with van der Waals surface area (Å²) in [7, 11) is 0. The number of nitrogens with zero attached hydrogens (tertiary/aromatic N) is 6. The van der Waals surface area contributed by atoms with Crippen LogP contribution in [0.3, 0.4) is 0 Å². The molecule has 0 spiro atoms. The molecular weight excluding hydrogens is 364 g/mol. The van der Waals surface area contributed by atoms with Gasteiger partial charge in [-0.25, -0.2) is 19.9 Å². The van der Waals surface area contributed by atoms with E-state index < -0.39 is 0 Å². The van der Waals surface area contributed by atoms with Gasteiger partial charge in [0.25, 0.3) is 0 Å². The average molecular weight is 386 g/mol. The summed E-state index contributed by atoms with van der Waals surface area (Å²) in [5.41, 5.74) is 2.80. The highest BCUT2D eigenvalue weighted by atomic mass is 15.3. The number of anilines is 2. The van der Waals surface area contributed by atoms with E-state index in [9.17, 15) is 5.26 Å². The van der Waals surface area contributed by atoms with Crippen LogP contribution in [0.1, 0.15) is 24.1 Å². The maximum Gasteiger partial charge on any atom is 0.225 e. The molecule has 4 rings (SSSR count). The predicted molar refractivity (Wildman–Crippen MR) is 112 cm³/mol. The van der Waals surface area contributed by atoms with Gasteiger partial charge in [-0.3, -0.25) is 0 Å². The van der Waals surface area contributed by atoms with E-state index in [0.717, 1.165) is 37.2 Å². The van der Waals surface area contributed by atoms with E-state index in [-0.39, 0.29) is 0 Å². The third kappa shape index (κ3) is 4.24. The lowest BCUT2D eigenvalue weighted by Gasteiger charge is -2.32. The molecule has 29 heavy (non-hydrogen) atoms. The Bertz CT molecular complexity index is 995. The molecule has 146 valence electrons. The van der Waals surface area contributed by atoms with Crippen molar-refractivity contribution in [1.29, 1.82) is 5.26 Å². The van der Waals surface area contributed by atoms with Gasteiger partial charge >= 0.3 is 0 Å². The molecule has 0 aromatic carbocycles. The highest BCUT2D eigenvalue weighted by Crippen LogP contribution is 2.24. The number of dihydropyridines is 1. The van der Waals surface area contributed by atoms with E-state index in [4.69, 9.17) is 4.98 Å². The fourth-order valence-corrected chi connectivity index (χ4v) is 3.41. The Hall–Kier alpha value is -3.73. The number of hydrogen-bond donors (Lipinski definition) is 2. The molecule has 0 unspecified atom stereocenters. The first kappa shape index (κ1) is 18.6. The number of rotatable bonds is 4. The molecule has 0 bridgehead atoms. The van der Waals surface area contributed by atoms with Crippen molar-refractivity contribution in [3.63, 3.8) is 0 Å². The van der Waals surface area contributed by atoms with Crippen molar-refractivity contribution in [2.75, 3.05) is 23.3 Å². The first-order valence-corrected chi connectivity index (χ1v) is 9.61. The summed E-state index contributed by atoms with van der Waals surface area (Å²) in [5, 5.41) is 16.2. The Morgan fingerprint density at radius 2 is 2.00 bits per heavy atom. The van der Waals surface area contributed by atoms with Crippen molar-refractivity contribution in [1.82, 2.24) is 25.3 Å². The van der Waals surface area contributed by atoms with Crippen LogP contribution in [0.15, 0.2) is 54.8 Å². The Balaban J connectivity index is 1.49. The molecule has 1 fully saturated rings. The van der Waals surface area contributed by atoms with E-state index in [0.29, 0.717) is 29.2 Å². The fourth-order valence-electron chi connectivity index (χ4n) is 3.41. The fraction of sp³-hybridized carbons (Fsp3) is 0.286. The molecule has 0 saturated carbocycles. The van der Waals surface area contributed by atoms with Crippen LogP contribution in [0, 0.1) is 18.3 Å². The zero-order valence-corrected chi connectivity index (χ0v) is 16.2. The molecule has 0 amide bonds. The number of hydrogen-bond acceptors (Lipinski definition) is 8. The van der Waals surface area contributed by atoms with Gasteiger partial charge in [-0.15, -0.1) is 0 Å². The molecule has 1 saturated heterocycles. The minimum Gasteiger partial charge on any atom is -0.361 e. The summed E-state index contributed by atoms with van der Waals surface area (Å²) in [5.74, 6) is 1.32. The van der Waals surface area contributed by atoms with E-state index in [2.05, 4.69) is 36.6 Å². The molecule has 0 radical (unpaired) electrons. The highest BCUT2D eigenvalue weighted by molar-refractivity contribution is 5.81. The van der Waals surface area contributed by atoms with Crippen molar-refractivity contribution in [3.05, 3.63) is 66.0 Å². The van der Waals surface area contributed by atoms with Crippen molar-refractivity contribution in [2.45, 2.75) is 25.8 Å². The van der Waals surface area contributed by atoms with Crippen molar-refractivity contribution >= 4 is 17.5 Å². The molecule has 2 aromatic rings. The van der Waals surface area contributed by atoms with E-state index in [1.54, 1.807) is 30.9 Å². The summed E-state index contributed by atoms with van der Waals surface area (Å²) in [6.45, 7) is 3.58. The normalized spacial score (nSPS) is 18.1. The number of allylic oxidation sites excluding steroid dienone is 4. The summed E-state index contributed by atoms with van der Waals surface area (Å²) in [6.07, 6.45) is 14.6. The minimum absolute atomic E-state index is 0.318. The van der Waals surface area contributed by atoms with Crippen molar-refractivity contribution in [3.8, 4) is 6.07 Å². The maximum atomic E-state index is 9.73. The first-order chi connectivity index (χ1) is 14.2. The number of aryl methyl sites for hydroxylation is 1. The SMILES string of the molecule is Cc1cnc(N2CCC(Nc3ncccn3)CC2)nc1/C(C#N)=C1/C=CC=CN1. The van der Waals surface area contributed by atoms with Crippen LogP contribution in [0.25, 0.3) is 5.57 Å². The average Bonchev–Trinajstić information content (AvgIpc) is 2.78. The third-order valence-electron chi connectivity index (χ3n) is 4.96. The molecule has 2 aromatic heterocycles. The van der Waals surface area contributed by atoms with Gasteiger partial charge in [0.1, 0.15) is 11.6 Å². The molecule has 8 heteroatoms. The Kier molecular flexibility index (Phi) is 5.47. The van der Waals surface area contributed by atoms with Crippen LogP contribution in [-0.4, -0.2) is 39.1 Å². The van der Waals surface area contributed by atoms with Crippen molar-refractivity contribution < 1.29 is 0 Å². The second kappa shape index (κ2) is 8.52. The molecule has 2 N–H and O–H groups in total. The molecule has 2 aliphatic heterocycles. The van der Waals surface area contributed by atoms with Crippen LogP contribution in [0.5, 0.6) is 0 Å². The van der Waals surface area contributed by atoms with Crippen LogP contribution in [0.4, 0.5) is 11.9 Å². The first-order valence-electron chi connectivity index (χ1n) is 9.61. The van der Waals surface area contributed by atoms with Gasteiger partial charge in [-0.2, -0.15) is 5.26 Å². The smallest absolute Gasteiger partial charge is 0.225 e. The maximum absolute atomic E-state index is 9.73. The second-order valence-corrected chi connectivity index (χ2v) is 6.94. The summed E-state index contributed by atoms with van der Waals surface area (Å²) in [6, 6.07) is 4.42. The number of aromatic nitrogens is 4. The van der Waals surface area contributed by atoms with Crippen LogP contribution in [-0.2, 0) is 0 Å². The Labute approximate surface area is 169 Å². The lowest BCUT2D eigenvalue weighted by Crippen LogP contribution is -2.40. The van der Waals surface area contributed by atoms with Gasteiger partial charge in [-0.1, -0.05) is 6.08 Å². The van der Waals surface area contributed by atoms with E-state index in [1.807, 2.05) is 25.2 Å². The number of piperidine rings is 1. The topological polar surface area (TPSA) is 103 Å². The largest absolute Gasteiger partial charge is 0.361 e. The molecule has 0 atom stereocenters. The second-order valence-electron chi connectivity index (χ2n) is 6.94. The molecule has 4 heterocycles. The highest BCUT2D eigenvalue weighted by Gasteiger charge is 2.23. The molecular formula is C21H22N8. The van der Waals surface area contributed by atoms with Gasteiger partial charge in [0, 0.05) is 43.9 Å². The molecule has 0 aliphatic carbocycles. The van der Waals surface area contributed by atoms with Gasteiger partial charge in [-0.05, 0) is 43.5 Å². The van der Waals surface area contributed by atoms with Crippen LogP contribution >= 0.6 is 0 Å². The van der Waals surface area contributed by atoms with Crippen LogP contribution in [0.2, 0.25) is 0 Å². The Morgan fingerprint density at radius 1 is 1.21 bits per heavy atom.